The molecule has 54 valence electrons. The molecule has 0 saturated heterocycles. The van der Waals surface area contributed by atoms with Crippen LogP contribution < -0.4 is 0 Å². The van der Waals surface area contributed by atoms with Gasteiger partial charge in [-0.05, 0) is 0 Å². The van der Waals surface area contributed by atoms with Crippen molar-refractivity contribution in [1.82, 2.24) is 0 Å². The summed E-state index contributed by atoms with van der Waals surface area (Å²) < 4.78 is -0.204. The van der Waals surface area contributed by atoms with Crippen molar-refractivity contribution in [3.05, 3.63) is 11.6 Å². The molecule has 1 heterocycles. The lowest BCUT2D eigenvalue weighted by molar-refractivity contribution is -0.684. The standard InChI is InChI=1S/C6H8NO2S/c1-5(8)7(2)3-4-10-6(7)9/h3-4H,1-2H3/q+1. The van der Waals surface area contributed by atoms with Crippen LogP contribution in [0.15, 0.2) is 11.6 Å². The van der Waals surface area contributed by atoms with Crippen molar-refractivity contribution < 1.29 is 14.1 Å². The number of thioether (sulfide) groups is 1. The predicted molar refractivity (Wildman–Crippen MR) is 39.0 cm³/mol. The van der Waals surface area contributed by atoms with Gasteiger partial charge < -0.3 is 0 Å². The molecule has 0 aromatic carbocycles. The second-order valence-electron chi connectivity index (χ2n) is 2.26. The molecule has 1 atom stereocenters. The quantitative estimate of drug-likeness (QED) is 0.498. The van der Waals surface area contributed by atoms with Crippen LogP contribution in [-0.4, -0.2) is 22.7 Å². The highest BCUT2D eigenvalue weighted by Gasteiger charge is 2.39. The third kappa shape index (κ3) is 0.892. The van der Waals surface area contributed by atoms with E-state index in [0.717, 1.165) is 11.8 Å². The molecule has 0 N–H and O–H groups in total. The number of carbonyl (C=O) groups is 2. The number of hydrogen-bond acceptors (Lipinski definition) is 3. The summed E-state index contributed by atoms with van der Waals surface area (Å²) in [6.45, 7) is 1.41. The minimum atomic E-state index is -0.204. The Morgan fingerprint density at radius 3 is 2.50 bits per heavy atom. The van der Waals surface area contributed by atoms with E-state index in [0.29, 0.717) is 0 Å². The zero-order valence-electron chi connectivity index (χ0n) is 5.83. The minimum Gasteiger partial charge on any atom is -0.230 e. The zero-order valence-corrected chi connectivity index (χ0v) is 6.64. The van der Waals surface area contributed by atoms with Gasteiger partial charge in [-0.1, -0.05) is 0 Å². The number of hydrogen-bond donors (Lipinski definition) is 0. The smallest absolute Gasteiger partial charge is 0.230 e. The fourth-order valence-electron chi connectivity index (χ4n) is 0.614. The van der Waals surface area contributed by atoms with Crippen molar-refractivity contribution in [2.45, 2.75) is 6.92 Å². The van der Waals surface area contributed by atoms with E-state index in [1.54, 1.807) is 18.7 Å². The Bertz CT molecular complexity index is 224. The highest BCUT2D eigenvalue weighted by Crippen LogP contribution is 2.25. The summed E-state index contributed by atoms with van der Waals surface area (Å²) in [4.78, 5) is 21.9. The van der Waals surface area contributed by atoms with Gasteiger partial charge in [-0.15, -0.1) is 0 Å². The Morgan fingerprint density at radius 1 is 1.70 bits per heavy atom. The molecule has 1 aliphatic heterocycles. The Kier molecular flexibility index (Phi) is 1.66. The molecule has 0 radical (unpaired) electrons. The second-order valence-corrected chi connectivity index (χ2v) is 3.12. The van der Waals surface area contributed by atoms with Gasteiger partial charge in [-0.25, -0.2) is 9.59 Å². The summed E-state index contributed by atoms with van der Waals surface area (Å²) in [7, 11) is 1.58. The molecule has 0 spiro atoms. The van der Waals surface area contributed by atoms with Crippen LogP contribution >= 0.6 is 11.8 Å². The van der Waals surface area contributed by atoms with Crippen molar-refractivity contribution in [2.75, 3.05) is 7.05 Å². The molecule has 1 unspecified atom stereocenters. The summed E-state index contributed by atoms with van der Waals surface area (Å²) >= 11 is 1.06. The Morgan fingerprint density at radius 2 is 2.30 bits per heavy atom. The number of nitrogens with zero attached hydrogens (tertiary/aromatic N) is 1. The van der Waals surface area contributed by atoms with Crippen molar-refractivity contribution in [1.29, 1.82) is 0 Å². The normalized spacial score (nSPS) is 31.2. The van der Waals surface area contributed by atoms with Gasteiger partial charge in [-0.2, -0.15) is 4.48 Å². The number of rotatable bonds is 0. The fourth-order valence-corrected chi connectivity index (χ4v) is 1.44. The lowest BCUT2D eigenvalue weighted by Gasteiger charge is -2.16. The van der Waals surface area contributed by atoms with Crippen LogP contribution in [0.4, 0.5) is 4.79 Å². The van der Waals surface area contributed by atoms with Crippen molar-refractivity contribution in [2.24, 2.45) is 0 Å². The van der Waals surface area contributed by atoms with E-state index in [1.807, 2.05) is 0 Å². The maximum Gasteiger partial charge on any atom is 0.391 e. The average molecular weight is 158 g/mol. The molecule has 1 rings (SSSR count). The van der Waals surface area contributed by atoms with Crippen LogP contribution in [0.1, 0.15) is 6.92 Å². The maximum absolute atomic E-state index is 11.0. The first-order chi connectivity index (χ1) is 4.57. The van der Waals surface area contributed by atoms with E-state index < -0.39 is 0 Å². The topological polar surface area (TPSA) is 34.1 Å². The molecule has 0 aromatic rings. The first kappa shape index (κ1) is 7.50. The SMILES string of the molecule is CC(=O)[N+]1(C)C=CSC1=O. The molecule has 0 aromatic heterocycles. The van der Waals surface area contributed by atoms with Crippen molar-refractivity contribution >= 4 is 22.9 Å². The number of carbonyl (C=O) groups excluding carboxylic acids is 2. The Labute approximate surface area is 63.3 Å². The summed E-state index contributed by atoms with van der Waals surface area (Å²) in [6, 6.07) is 0. The van der Waals surface area contributed by atoms with Crippen LogP contribution in [0.25, 0.3) is 0 Å². The first-order valence-electron chi connectivity index (χ1n) is 2.83. The average Bonchev–Trinajstić information content (AvgIpc) is 2.15. The van der Waals surface area contributed by atoms with E-state index in [2.05, 4.69) is 0 Å². The molecule has 0 saturated carbocycles. The molecular weight excluding hydrogens is 150 g/mol. The summed E-state index contributed by atoms with van der Waals surface area (Å²) in [5.74, 6) is -0.147. The van der Waals surface area contributed by atoms with Gasteiger partial charge in [-0.3, -0.25) is 0 Å². The van der Waals surface area contributed by atoms with Crippen LogP contribution in [-0.2, 0) is 4.79 Å². The highest BCUT2D eigenvalue weighted by atomic mass is 32.2. The van der Waals surface area contributed by atoms with Crippen LogP contribution in [0.3, 0.4) is 0 Å². The Hall–Kier alpha value is -0.610. The van der Waals surface area contributed by atoms with Gasteiger partial charge in [0.25, 0.3) is 0 Å². The van der Waals surface area contributed by atoms with E-state index in [-0.39, 0.29) is 15.6 Å². The lowest BCUT2D eigenvalue weighted by atomic mass is 10.5. The molecule has 2 amide bonds. The van der Waals surface area contributed by atoms with E-state index in [1.165, 1.54) is 6.92 Å². The maximum atomic E-state index is 11.0. The molecule has 1 aliphatic rings. The van der Waals surface area contributed by atoms with Gasteiger partial charge in [0, 0.05) is 17.2 Å². The van der Waals surface area contributed by atoms with Gasteiger partial charge in [0.05, 0.1) is 14.0 Å². The van der Waals surface area contributed by atoms with Gasteiger partial charge in [0.1, 0.15) is 6.20 Å². The summed E-state index contributed by atoms with van der Waals surface area (Å²) in [5.41, 5.74) is 0. The van der Waals surface area contributed by atoms with Gasteiger partial charge in [0.2, 0.25) is 0 Å². The third-order valence-corrected chi connectivity index (χ3v) is 2.40. The van der Waals surface area contributed by atoms with E-state index in [9.17, 15) is 9.59 Å². The van der Waals surface area contributed by atoms with Crippen molar-refractivity contribution in [3.63, 3.8) is 0 Å². The van der Waals surface area contributed by atoms with Crippen LogP contribution in [0, 0.1) is 0 Å². The molecule has 0 aliphatic carbocycles. The lowest BCUT2D eigenvalue weighted by Crippen LogP contribution is -2.43. The van der Waals surface area contributed by atoms with Crippen LogP contribution in [0.5, 0.6) is 0 Å². The third-order valence-electron chi connectivity index (χ3n) is 1.56. The van der Waals surface area contributed by atoms with Crippen molar-refractivity contribution in [3.8, 4) is 0 Å². The molecule has 0 bridgehead atoms. The number of amides is 2. The minimum absolute atomic E-state index is 0.132. The monoisotopic (exact) mass is 158 g/mol. The number of quaternary nitrogens is 1. The van der Waals surface area contributed by atoms with Gasteiger partial charge >= 0.3 is 11.1 Å². The predicted octanol–water partition coefficient (Wildman–Crippen LogP) is 1.32. The second kappa shape index (κ2) is 2.21. The zero-order chi connectivity index (χ0) is 7.78. The molecule has 4 heteroatoms. The summed E-state index contributed by atoms with van der Waals surface area (Å²) in [5, 5.41) is 1.51. The highest BCUT2D eigenvalue weighted by molar-refractivity contribution is 8.16. The molecule has 3 nitrogen and oxygen atoms in total. The van der Waals surface area contributed by atoms with Gasteiger partial charge in [0.15, 0.2) is 0 Å². The first-order valence-corrected chi connectivity index (χ1v) is 3.71. The largest absolute Gasteiger partial charge is 0.391 e. The van der Waals surface area contributed by atoms with Crippen LogP contribution in [0.2, 0.25) is 0 Å². The molecular formula is C6H8NO2S+. The summed E-state index contributed by atoms with van der Waals surface area (Å²) in [6.07, 6.45) is 1.59. The van der Waals surface area contributed by atoms with E-state index in [4.69, 9.17) is 0 Å². The molecule has 0 fully saturated rings. The Balaban J connectivity index is 2.96. The number of imide groups is 1. The fraction of sp³-hybridized carbons (Fsp3) is 0.333. The van der Waals surface area contributed by atoms with E-state index >= 15 is 0 Å². The molecule has 10 heavy (non-hydrogen) atoms.